The van der Waals surface area contributed by atoms with Crippen molar-refractivity contribution in [3.63, 3.8) is 0 Å². The lowest BCUT2D eigenvalue weighted by molar-refractivity contribution is -0.161. The summed E-state index contributed by atoms with van der Waals surface area (Å²) in [4.78, 5) is 26.5. The summed E-state index contributed by atoms with van der Waals surface area (Å²) in [5.41, 5.74) is 0. The molecule has 0 aromatic heterocycles. The number of thioether (sulfide) groups is 1. The molecule has 0 saturated heterocycles. The van der Waals surface area contributed by atoms with Crippen LogP contribution in [0.4, 0.5) is 0 Å². The van der Waals surface area contributed by atoms with E-state index in [0.29, 0.717) is 0 Å². The lowest BCUT2D eigenvalue weighted by Crippen LogP contribution is -2.51. The Labute approximate surface area is 141 Å². The zero-order chi connectivity index (χ0) is 16.7. The van der Waals surface area contributed by atoms with Gasteiger partial charge in [-0.1, -0.05) is 42.8 Å². The summed E-state index contributed by atoms with van der Waals surface area (Å²) in [6.45, 7) is 4.02. The highest BCUT2D eigenvalue weighted by molar-refractivity contribution is 8.02. The first kappa shape index (κ1) is 17.9. The van der Waals surface area contributed by atoms with Crippen molar-refractivity contribution in [2.24, 2.45) is 5.92 Å². The number of rotatable bonds is 7. The topological polar surface area (TPSA) is 52.6 Å². The van der Waals surface area contributed by atoms with Gasteiger partial charge in [-0.2, -0.15) is 0 Å². The van der Waals surface area contributed by atoms with Crippen LogP contribution in [0.25, 0.3) is 0 Å². The van der Waals surface area contributed by atoms with Gasteiger partial charge in [0, 0.05) is 4.90 Å². The molecule has 0 bridgehead atoms. The van der Waals surface area contributed by atoms with Crippen LogP contribution < -0.4 is 0 Å². The molecule has 23 heavy (non-hydrogen) atoms. The second-order valence-electron chi connectivity index (χ2n) is 5.57. The van der Waals surface area contributed by atoms with Gasteiger partial charge in [0.2, 0.25) is 4.75 Å². The normalized spacial score (nSPS) is 15.4. The Bertz CT molecular complexity index is 505. The Hall–Kier alpha value is -1.49. The van der Waals surface area contributed by atoms with Gasteiger partial charge in [0.15, 0.2) is 0 Å². The minimum Gasteiger partial charge on any atom is -0.464 e. The molecule has 5 heteroatoms. The predicted molar refractivity (Wildman–Crippen MR) is 90.3 cm³/mol. The van der Waals surface area contributed by atoms with Gasteiger partial charge in [-0.05, 0) is 44.7 Å². The summed E-state index contributed by atoms with van der Waals surface area (Å²) < 4.78 is 9.30. The maximum atomic E-state index is 12.8. The first-order chi connectivity index (χ1) is 11.1. The predicted octanol–water partition coefficient (Wildman–Crippen LogP) is 3.83. The van der Waals surface area contributed by atoms with Gasteiger partial charge in [-0.3, -0.25) is 0 Å². The van der Waals surface area contributed by atoms with Gasteiger partial charge >= 0.3 is 11.9 Å². The number of benzene rings is 1. The third kappa shape index (κ3) is 3.89. The SMILES string of the molecule is CCOC(=O)C(Sc1ccccc1)(C(=O)OCC)C1CCCC1. The molecule has 2 rings (SSSR count). The largest absolute Gasteiger partial charge is 0.464 e. The maximum absolute atomic E-state index is 12.8. The molecule has 1 saturated carbocycles. The molecule has 0 aliphatic heterocycles. The summed E-state index contributed by atoms with van der Waals surface area (Å²) >= 11 is 1.28. The van der Waals surface area contributed by atoms with Crippen LogP contribution in [-0.4, -0.2) is 29.9 Å². The van der Waals surface area contributed by atoms with E-state index in [1.807, 2.05) is 30.3 Å². The molecule has 1 aromatic carbocycles. The van der Waals surface area contributed by atoms with Crippen LogP contribution in [0.1, 0.15) is 39.5 Å². The molecule has 1 fully saturated rings. The van der Waals surface area contributed by atoms with Gasteiger partial charge in [-0.25, -0.2) is 9.59 Å². The Morgan fingerprint density at radius 1 is 1.04 bits per heavy atom. The van der Waals surface area contributed by atoms with E-state index in [2.05, 4.69) is 0 Å². The molecule has 0 atom stereocenters. The quantitative estimate of drug-likeness (QED) is 0.430. The average Bonchev–Trinajstić information content (AvgIpc) is 3.08. The third-order valence-electron chi connectivity index (χ3n) is 4.11. The number of ether oxygens (including phenoxy) is 2. The van der Waals surface area contributed by atoms with Gasteiger partial charge in [0.25, 0.3) is 0 Å². The van der Waals surface area contributed by atoms with E-state index < -0.39 is 16.7 Å². The molecule has 126 valence electrons. The Balaban J connectivity index is 2.43. The molecular weight excluding hydrogens is 312 g/mol. The van der Waals surface area contributed by atoms with Crippen molar-refractivity contribution in [3.05, 3.63) is 30.3 Å². The van der Waals surface area contributed by atoms with E-state index in [1.54, 1.807) is 13.8 Å². The summed E-state index contributed by atoms with van der Waals surface area (Å²) in [5.74, 6) is -0.996. The number of carbonyl (C=O) groups excluding carboxylic acids is 2. The Morgan fingerprint density at radius 2 is 1.57 bits per heavy atom. The fraction of sp³-hybridized carbons (Fsp3) is 0.556. The number of carbonyl (C=O) groups is 2. The molecule has 0 amide bonds. The van der Waals surface area contributed by atoms with Crippen LogP contribution in [-0.2, 0) is 19.1 Å². The first-order valence-electron chi connectivity index (χ1n) is 8.23. The molecule has 0 spiro atoms. The van der Waals surface area contributed by atoms with Crippen LogP contribution in [0.3, 0.4) is 0 Å². The average molecular weight is 336 g/mol. The molecule has 0 N–H and O–H groups in total. The lowest BCUT2D eigenvalue weighted by Gasteiger charge is -2.33. The molecule has 1 aliphatic rings. The fourth-order valence-electron chi connectivity index (χ4n) is 3.07. The third-order valence-corrected chi connectivity index (χ3v) is 5.61. The van der Waals surface area contributed by atoms with Crippen LogP contribution >= 0.6 is 11.8 Å². The summed E-state index contributed by atoms with van der Waals surface area (Å²) in [7, 11) is 0. The van der Waals surface area contributed by atoms with E-state index in [4.69, 9.17) is 9.47 Å². The van der Waals surface area contributed by atoms with Gasteiger partial charge in [-0.15, -0.1) is 0 Å². The van der Waals surface area contributed by atoms with Crippen LogP contribution in [0, 0.1) is 5.92 Å². The van der Waals surface area contributed by atoms with E-state index in [1.165, 1.54) is 11.8 Å². The highest BCUT2D eigenvalue weighted by Gasteiger charge is 2.56. The van der Waals surface area contributed by atoms with Crippen LogP contribution in [0.2, 0.25) is 0 Å². The van der Waals surface area contributed by atoms with Crippen LogP contribution in [0.5, 0.6) is 0 Å². The number of hydrogen-bond acceptors (Lipinski definition) is 5. The Morgan fingerprint density at radius 3 is 2.04 bits per heavy atom. The highest BCUT2D eigenvalue weighted by atomic mass is 32.2. The van der Waals surface area contributed by atoms with E-state index in [0.717, 1.165) is 30.6 Å². The van der Waals surface area contributed by atoms with Gasteiger partial charge in [0.1, 0.15) is 0 Å². The fourth-order valence-corrected chi connectivity index (χ4v) is 4.42. The van der Waals surface area contributed by atoms with Crippen molar-refractivity contribution in [1.29, 1.82) is 0 Å². The monoisotopic (exact) mass is 336 g/mol. The molecule has 1 aromatic rings. The standard InChI is InChI=1S/C18H24O4S/c1-3-21-16(19)18(17(20)22-4-2,14-10-8-9-11-14)23-15-12-6-5-7-13-15/h5-7,12-14H,3-4,8-11H2,1-2H3. The minimum absolute atomic E-state index is 0.0502. The van der Waals surface area contributed by atoms with E-state index in [-0.39, 0.29) is 19.1 Å². The van der Waals surface area contributed by atoms with Gasteiger partial charge < -0.3 is 9.47 Å². The lowest BCUT2D eigenvalue weighted by atomic mass is 9.89. The van der Waals surface area contributed by atoms with Crippen LogP contribution in [0.15, 0.2) is 35.2 Å². The number of hydrogen-bond donors (Lipinski definition) is 0. The molecule has 0 heterocycles. The highest BCUT2D eigenvalue weighted by Crippen LogP contribution is 2.47. The molecule has 1 aliphatic carbocycles. The maximum Gasteiger partial charge on any atom is 0.334 e. The number of esters is 2. The zero-order valence-corrected chi connectivity index (χ0v) is 14.6. The second kappa shape index (κ2) is 8.39. The van der Waals surface area contributed by atoms with Crippen molar-refractivity contribution < 1.29 is 19.1 Å². The van der Waals surface area contributed by atoms with Crippen molar-refractivity contribution in [1.82, 2.24) is 0 Å². The molecule has 4 nitrogen and oxygen atoms in total. The summed E-state index contributed by atoms with van der Waals surface area (Å²) in [6, 6.07) is 9.53. The zero-order valence-electron chi connectivity index (χ0n) is 13.7. The van der Waals surface area contributed by atoms with Crippen molar-refractivity contribution in [2.45, 2.75) is 49.2 Å². The molecular formula is C18H24O4S. The summed E-state index contributed by atoms with van der Waals surface area (Å²) in [6.07, 6.45) is 3.75. The van der Waals surface area contributed by atoms with E-state index in [9.17, 15) is 9.59 Å². The van der Waals surface area contributed by atoms with Crippen molar-refractivity contribution in [2.75, 3.05) is 13.2 Å². The smallest absolute Gasteiger partial charge is 0.334 e. The molecule has 0 unspecified atom stereocenters. The Kier molecular flexibility index (Phi) is 6.51. The van der Waals surface area contributed by atoms with Crippen molar-refractivity contribution >= 4 is 23.7 Å². The summed E-state index contributed by atoms with van der Waals surface area (Å²) in [5, 5.41) is 0. The second-order valence-corrected chi connectivity index (χ2v) is 6.89. The van der Waals surface area contributed by atoms with Gasteiger partial charge in [0.05, 0.1) is 13.2 Å². The first-order valence-corrected chi connectivity index (χ1v) is 9.05. The minimum atomic E-state index is -1.30. The van der Waals surface area contributed by atoms with E-state index >= 15 is 0 Å². The molecule has 0 radical (unpaired) electrons. The van der Waals surface area contributed by atoms with Crippen molar-refractivity contribution in [3.8, 4) is 0 Å².